The van der Waals surface area contributed by atoms with Crippen LogP contribution in [0, 0.1) is 0 Å². The molecule has 156 valence electrons. The van der Waals surface area contributed by atoms with Gasteiger partial charge in [0.05, 0.1) is 24.0 Å². The fourth-order valence-corrected chi connectivity index (χ4v) is 3.44. The van der Waals surface area contributed by atoms with E-state index in [1.54, 1.807) is 30.5 Å². The van der Waals surface area contributed by atoms with Crippen LogP contribution in [0.4, 0.5) is 5.69 Å². The Hall–Kier alpha value is -4.59. The molecule has 0 aliphatic heterocycles. The van der Waals surface area contributed by atoms with E-state index >= 15 is 0 Å². The molecule has 0 unspecified atom stereocenters. The van der Waals surface area contributed by atoms with Gasteiger partial charge in [-0.15, -0.1) is 5.10 Å². The number of fused-ring (bicyclic) bond motifs is 1. The van der Waals surface area contributed by atoms with Gasteiger partial charge < -0.3 is 5.32 Å². The Bertz CT molecular complexity index is 1470. The smallest absolute Gasteiger partial charge is 0.322 e. The molecule has 0 aliphatic carbocycles. The highest BCUT2D eigenvalue weighted by Gasteiger charge is 2.11. The molecular weight excluding hydrogens is 404 g/mol. The van der Waals surface area contributed by atoms with E-state index in [2.05, 4.69) is 20.6 Å². The van der Waals surface area contributed by atoms with Crippen LogP contribution in [0.1, 0.15) is 15.9 Å². The minimum absolute atomic E-state index is 0.216. The third kappa shape index (κ3) is 3.89. The fourth-order valence-electron chi connectivity index (χ4n) is 3.44. The van der Waals surface area contributed by atoms with Crippen LogP contribution in [0.3, 0.4) is 0 Å². The molecule has 1 N–H and O–H groups in total. The quantitative estimate of drug-likeness (QED) is 0.469. The Morgan fingerprint density at radius 2 is 1.78 bits per heavy atom. The van der Waals surface area contributed by atoms with E-state index in [9.17, 15) is 9.59 Å². The lowest BCUT2D eigenvalue weighted by molar-refractivity contribution is 0.102. The number of hydrogen-bond donors (Lipinski definition) is 1. The molecule has 0 saturated carbocycles. The van der Waals surface area contributed by atoms with Crippen molar-refractivity contribution < 1.29 is 4.79 Å². The number of anilines is 1. The van der Waals surface area contributed by atoms with Crippen LogP contribution in [0.5, 0.6) is 0 Å². The van der Waals surface area contributed by atoms with Gasteiger partial charge in [-0.25, -0.2) is 9.48 Å². The maximum Gasteiger partial charge on any atom is 0.350 e. The van der Waals surface area contributed by atoms with Crippen molar-refractivity contribution in [1.82, 2.24) is 24.4 Å². The van der Waals surface area contributed by atoms with Gasteiger partial charge in [-0.05, 0) is 35.9 Å². The fraction of sp³-hybridized carbons (Fsp3) is 0.0417. The van der Waals surface area contributed by atoms with Crippen molar-refractivity contribution in [3.63, 3.8) is 0 Å². The number of carbonyl (C=O) groups excluding carboxylic acids is 1. The third-order valence-electron chi connectivity index (χ3n) is 4.99. The zero-order chi connectivity index (χ0) is 21.9. The molecular formula is C24H18N6O2. The van der Waals surface area contributed by atoms with E-state index in [1.165, 1.54) is 15.3 Å². The summed E-state index contributed by atoms with van der Waals surface area (Å²) in [5, 5.41) is 15.3. The summed E-state index contributed by atoms with van der Waals surface area (Å²) in [4.78, 5) is 25.3. The molecule has 3 aromatic heterocycles. The highest BCUT2D eigenvalue weighted by atomic mass is 16.2. The Balaban J connectivity index is 1.35. The van der Waals surface area contributed by atoms with Crippen LogP contribution in [0.2, 0.25) is 0 Å². The summed E-state index contributed by atoms with van der Waals surface area (Å²) in [6.45, 7) is 0.291. The Labute approximate surface area is 182 Å². The summed E-state index contributed by atoms with van der Waals surface area (Å²) < 4.78 is 2.89. The predicted molar refractivity (Wildman–Crippen MR) is 120 cm³/mol. The van der Waals surface area contributed by atoms with Crippen LogP contribution in [-0.4, -0.2) is 30.3 Å². The first-order valence-corrected chi connectivity index (χ1v) is 10.00. The second kappa shape index (κ2) is 8.27. The molecule has 2 aromatic carbocycles. The number of pyridine rings is 1. The van der Waals surface area contributed by atoms with Gasteiger partial charge in [0.1, 0.15) is 0 Å². The van der Waals surface area contributed by atoms with E-state index in [0.717, 1.165) is 11.1 Å². The minimum Gasteiger partial charge on any atom is -0.322 e. The molecule has 0 spiro atoms. The first-order chi connectivity index (χ1) is 15.7. The second-order valence-electron chi connectivity index (χ2n) is 7.22. The lowest BCUT2D eigenvalue weighted by Crippen LogP contribution is -2.21. The molecule has 32 heavy (non-hydrogen) atoms. The van der Waals surface area contributed by atoms with Gasteiger partial charge in [-0.1, -0.05) is 48.5 Å². The van der Waals surface area contributed by atoms with Crippen molar-refractivity contribution >= 4 is 17.2 Å². The van der Waals surface area contributed by atoms with Crippen molar-refractivity contribution in [3.05, 3.63) is 113 Å². The molecule has 0 aliphatic rings. The van der Waals surface area contributed by atoms with Gasteiger partial charge in [-0.2, -0.15) is 10.2 Å². The number of nitrogens with zero attached hydrogens (tertiary/aromatic N) is 5. The highest BCUT2D eigenvalue weighted by Crippen LogP contribution is 2.18. The van der Waals surface area contributed by atoms with Crippen molar-refractivity contribution in [1.29, 1.82) is 0 Å². The number of carbonyl (C=O) groups is 1. The Morgan fingerprint density at radius 3 is 2.62 bits per heavy atom. The van der Waals surface area contributed by atoms with Crippen molar-refractivity contribution in [3.8, 4) is 11.3 Å². The Kier molecular flexibility index (Phi) is 5.01. The number of hydrogen-bond acceptors (Lipinski definition) is 5. The van der Waals surface area contributed by atoms with Crippen molar-refractivity contribution in [2.45, 2.75) is 6.54 Å². The maximum atomic E-state index is 12.8. The lowest BCUT2D eigenvalue weighted by Gasteiger charge is -2.08. The van der Waals surface area contributed by atoms with E-state index < -0.39 is 0 Å². The number of amides is 1. The summed E-state index contributed by atoms with van der Waals surface area (Å²) in [6, 6.07) is 24.0. The molecule has 0 saturated heterocycles. The molecule has 8 heteroatoms. The van der Waals surface area contributed by atoms with E-state index in [-0.39, 0.29) is 11.6 Å². The lowest BCUT2D eigenvalue weighted by atomic mass is 10.1. The molecule has 8 nitrogen and oxygen atoms in total. The molecule has 0 bridgehead atoms. The van der Waals surface area contributed by atoms with Crippen LogP contribution in [-0.2, 0) is 6.54 Å². The number of aromatic nitrogens is 5. The van der Waals surface area contributed by atoms with Crippen LogP contribution in [0.25, 0.3) is 16.9 Å². The molecule has 5 aromatic rings. The SMILES string of the molecule is O=C(Nc1cccc(Cn2nc3ccccn3c2=O)c1)c1cnnc(-c2ccccc2)c1. The molecule has 0 radical (unpaired) electrons. The summed E-state index contributed by atoms with van der Waals surface area (Å²) in [5.41, 5.74) is 3.73. The van der Waals surface area contributed by atoms with E-state index in [0.29, 0.717) is 29.1 Å². The number of benzene rings is 2. The van der Waals surface area contributed by atoms with Crippen molar-refractivity contribution in [2.24, 2.45) is 0 Å². The van der Waals surface area contributed by atoms with Crippen LogP contribution in [0.15, 0.2) is 96.1 Å². The molecule has 3 heterocycles. The van der Waals surface area contributed by atoms with Gasteiger partial charge in [-0.3, -0.25) is 9.20 Å². The molecule has 5 rings (SSSR count). The average Bonchev–Trinajstić information content (AvgIpc) is 3.15. The monoisotopic (exact) mass is 422 g/mol. The van der Waals surface area contributed by atoms with Crippen LogP contribution >= 0.6 is 0 Å². The zero-order valence-electron chi connectivity index (χ0n) is 16.9. The number of nitrogens with one attached hydrogen (secondary N) is 1. The molecule has 0 atom stereocenters. The summed E-state index contributed by atoms with van der Waals surface area (Å²) in [7, 11) is 0. The first-order valence-electron chi connectivity index (χ1n) is 10.00. The third-order valence-corrected chi connectivity index (χ3v) is 4.99. The van der Waals surface area contributed by atoms with Gasteiger partial charge >= 0.3 is 5.69 Å². The largest absolute Gasteiger partial charge is 0.350 e. The summed E-state index contributed by atoms with van der Waals surface area (Å²) in [6.07, 6.45) is 3.12. The zero-order valence-corrected chi connectivity index (χ0v) is 16.9. The Morgan fingerprint density at radius 1 is 0.938 bits per heavy atom. The maximum absolute atomic E-state index is 12.8. The highest BCUT2D eigenvalue weighted by molar-refractivity contribution is 6.04. The first kappa shape index (κ1) is 19.4. The van der Waals surface area contributed by atoms with Gasteiger partial charge in [0.2, 0.25) is 0 Å². The number of rotatable bonds is 5. The van der Waals surface area contributed by atoms with E-state index in [4.69, 9.17) is 0 Å². The van der Waals surface area contributed by atoms with E-state index in [1.807, 2.05) is 54.6 Å². The average molecular weight is 422 g/mol. The van der Waals surface area contributed by atoms with Crippen LogP contribution < -0.4 is 11.0 Å². The summed E-state index contributed by atoms with van der Waals surface area (Å²) >= 11 is 0. The predicted octanol–water partition coefficient (Wildman–Crippen LogP) is 3.25. The topological polar surface area (TPSA) is 94.2 Å². The van der Waals surface area contributed by atoms with Gasteiger partial charge in [0, 0.05) is 17.4 Å². The minimum atomic E-state index is -0.292. The molecule has 1 amide bonds. The normalized spacial score (nSPS) is 10.9. The van der Waals surface area contributed by atoms with Gasteiger partial charge in [0.25, 0.3) is 5.91 Å². The standard InChI is InChI=1S/C24H18N6O2/c31-23(19-14-21(27-25-15-19)18-8-2-1-3-9-18)26-20-10-6-7-17(13-20)16-30-24(32)29-12-5-4-11-22(29)28-30/h1-15H,16H2,(H,26,31). The summed E-state index contributed by atoms with van der Waals surface area (Å²) in [5.74, 6) is -0.292. The second-order valence-corrected chi connectivity index (χ2v) is 7.22. The van der Waals surface area contributed by atoms with Crippen molar-refractivity contribution in [2.75, 3.05) is 5.32 Å². The molecule has 0 fully saturated rings. The van der Waals surface area contributed by atoms with Gasteiger partial charge in [0.15, 0.2) is 5.65 Å².